The second-order valence-corrected chi connectivity index (χ2v) is 5.67. The minimum absolute atomic E-state index is 0.0856. The molecule has 6 nitrogen and oxygen atoms in total. The van der Waals surface area contributed by atoms with Crippen LogP contribution in [0.25, 0.3) is 10.9 Å². The molecule has 0 N–H and O–H groups in total. The molecule has 1 heterocycles. The highest BCUT2D eigenvalue weighted by molar-refractivity contribution is 5.93. The average Bonchev–Trinajstić information content (AvgIpc) is 2.63. The van der Waals surface area contributed by atoms with Crippen molar-refractivity contribution in [1.29, 1.82) is 5.26 Å². The zero-order chi connectivity index (χ0) is 17.8. The van der Waals surface area contributed by atoms with Crippen molar-refractivity contribution in [3.05, 3.63) is 70.8 Å². The summed E-state index contributed by atoms with van der Waals surface area (Å²) in [7, 11) is 0. The lowest BCUT2D eigenvalue weighted by Gasteiger charge is -2.20. The maximum Gasteiger partial charge on any atom is 0.261 e. The molecule has 0 saturated carbocycles. The van der Waals surface area contributed by atoms with E-state index in [1.807, 2.05) is 25.1 Å². The van der Waals surface area contributed by atoms with Crippen LogP contribution in [-0.4, -0.2) is 22.0 Å². The molecule has 0 radical (unpaired) electrons. The number of para-hydroxylation sites is 1. The van der Waals surface area contributed by atoms with Crippen LogP contribution >= 0.6 is 0 Å². The second kappa shape index (κ2) is 6.97. The molecule has 0 aliphatic carbocycles. The first-order valence-electron chi connectivity index (χ1n) is 7.78. The van der Waals surface area contributed by atoms with Crippen molar-refractivity contribution in [2.45, 2.75) is 13.5 Å². The number of fused-ring (bicyclic) bond motifs is 1. The van der Waals surface area contributed by atoms with Crippen molar-refractivity contribution in [2.24, 2.45) is 0 Å². The van der Waals surface area contributed by atoms with E-state index >= 15 is 0 Å². The van der Waals surface area contributed by atoms with E-state index in [2.05, 4.69) is 4.98 Å². The van der Waals surface area contributed by atoms with E-state index in [1.165, 1.54) is 15.8 Å². The molecule has 3 aromatic rings. The Morgan fingerprint density at radius 2 is 2.00 bits per heavy atom. The van der Waals surface area contributed by atoms with Crippen LogP contribution in [0.15, 0.2) is 59.7 Å². The monoisotopic (exact) mass is 332 g/mol. The van der Waals surface area contributed by atoms with Crippen LogP contribution in [0.5, 0.6) is 0 Å². The van der Waals surface area contributed by atoms with Crippen molar-refractivity contribution in [1.82, 2.24) is 9.55 Å². The van der Waals surface area contributed by atoms with Crippen molar-refractivity contribution in [3.8, 4) is 6.07 Å². The first-order valence-corrected chi connectivity index (χ1v) is 7.78. The van der Waals surface area contributed by atoms with Gasteiger partial charge >= 0.3 is 0 Å². The maximum absolute atomic E-state index is 12.6. The maximum atomic E-state index is 12.6. The molecule has 25 heavy (non-hydrogen) atoms. The van der Waals surface area contributed by atoms with Gasteiger partial charge in [0.15, 0.2) is 0 Å². The highest BCUT2D eigenvalue weighted by Gasteiger charge is 2.17. The van der Waals surface area contributed by atoms with Gasteiger partial charge in [0.1, 0.15) is 13.1 Å². The quantitative estimate of drug-likeness (QED) is 0.687. The standard InChI is InChI=1S/C19H16N4O2/c1-14-7-8-17-16(11-14)19(25)22(13-21-17)12-18(24)23(10-9-20)15-5-3-2-4-6-15/h2-8,11,13H,10,12H2,1H3. The lowest BCUT2D eigenvalue weighted by Crippen LogP contribution is -2.37. The van der Waals surface area contributed by atoms with Gasteiger partial charge in [0.05, 0.1) is 23.3 Å². The van der Waals surface area contributed by atoms with Crippen molar-refractivity contribution in [2.75, 3.05) is 11.4 Å². The van der Waals surface area contributed by atoms with E-state index in [9.17, 15) is 9.59 Å². The molecular weight excluding hydrogens is 316 g/mol. The topological polar surface area (TPSA) is 79.0 Å². The second-order valence-electron chi connectivity index (χ2n) is 5.67. The van der Waals surface area contributed by atoms with Gasteiger partial charge in [-0.25, -0.2) is 4.98 Å². The lowest BCUT2D eigenvalue weighted by molar-refractivity contribution is -0.119. The Morgan fingerprint density at radius 1 is 1.24 bits per heavy atom. The fourth-order valence-electron chi connectivity index (χ4n) is 2.62. The molecule has 0 atom stereocenters. The molecule has 0 spiro atoms. The van der Waals surface area contributed by atoms with Crippen molar-refractivity contribution >= 4 is 22.5 Å². The van der Waals surface area contributed by atoms with E-state index in [0.29, 0.717) is 16.6 Å². The predicted molar refractivity (Wildman–Crippen MR) is 95.1 cm³/mol. The normalized spacial score (nSPS) is 10.4. The molecule has 0 unspecified atom stereocenters. The number of hydrogen-bond acceptors (Lipinski definition) is 4. The lowest BCUT2D eigenvalue weighted by atomic mass is 10.2. The summed E-state index contributed by atoms with van der Waals surface area (Å²) in [6.45, 7) is 1.63. The molecule has 3 rings (SSSR count). The molecule has 124 valence electrons. The van der Waals surface area contributed by atoms with Gasteiger partial charge in [-0.05, 0) is 31.2 Å². The minimum atomic E-state index is -0.344. The third-order valence-corrected chi connectivity index (χ3v) is 3.88. The summed E-state index contributed by atoms with van der Waals surface area (Å²) >= 11 is 0. The molecule has 0 fully saturated rings. The number of carbonyl (C=O) groups is 1. The van der Waals surface area contributed by atoms with Crippen LogP contribution in [-0.2, 0) is 11.3 Å². The number of nitrogens with zero attached hydrogens (tertiary/aromatic N) is 4. The number of aromatic nitrogens is 2. The van der Waals surface area contributed by atoms with E-state index < -0.39 is 0 Å². The fourth-order valence-corrected chi connectivity index (χ4v) is 2.62. The molecule has 6 heteroatoms. The van der Waals surface area contributed by atoms with Crippen LogP contribution in [0.3, 0.4) is 0 Å². The Hall–Kier alpha value is -3.46. The van der Waals surface area contributed by atoms with E-state index in [1.54, 1.807) is 36.4 Å². The van der Waals surface area contributed by atoms with Crippen LogP contribution in [0.1, 0.15) is 5.56 Å². The van der Waals surface area contributed by atoms with Gasteiger partial charge in [0, 0.05) is 5.69 Å². The molecule has 1 aromatic heterocycles. The number of hydrogen-bond donors (Lipinski definition) is 0. The molecule has 0 bridgehead atoms. The summed E-state index contributed by atoms with van der Waals surface area (Å²) in [5.74, 6) is -0.344. The van der Waals surface area contributed by atoms with Gasteiger partial charge in [-0.1, -0.05) is 29.8 Å². The number of amides is 1. The van der Waals surface area contributed by atoms with Crippen LogP contribution in [0.4, 0.5) is 5.69 Å². The number of benzene rings is 2. The number of carbonyl (C=O) groups excluding carboxylic acids is 1. The first-order chi connectivity index (χ1) is 12.1. The van der Waals surface area contributed by atoms with Crippen LogP contribution < -0.4 is 10.5 Å². The largest absolute Gasteiger partial charge is 0.297 e. The Labute approximate surface area is 144 Å². The Morgan fingerprint density at radius 3 is 2.72 bits per heavy atom. The van der Waals surface area contributed by atoms with Gasteiger partial charge < -0.3 is 0 Å². The van der Waals surface area contributed by atoms with Crippen LogP contribution in [0, 0.1) is 18.3 Å². The number of aryl methyl sites for hydroxylation is 1. The zero-order valence-electron chi connectivity index (χ0n) is 13.7. The number of rotatable bonds is 4. The van der Waals surface area contributed by atoms with Gasteiger partial charge in [0.2, 0.25) is 5.91 Å². The smallest absolute Gasteiger partial charge is 0.261 e. The zero-order valence-corrected chi connectivity index (χ0v) is 13.7. The third kappa shape index (κ3) is 3.40. The average molecular weight is 332 g/mol. The first kappa shape index (κ1) is 16.4. The summed E-state index contributed by atoms with van der Waals surface area (Å²) in [6, 6.07) is 16.3. The Bertz CT molecular complexity index is 1020. The summed E-state index contributed by atoms with van der Waals surface area (Å²) < 4.78 is 1.28. The number of anilines is 1. The molecule has 0 aliphatic heterocycles. The van der Waals surface area contributed by atoms with E-state index in [0.717, 1.165) is 5.56 Å². The summed E-state index contributed by atoms with van der Waals surface area (Å²) in [5.41, 5.74) is 1.89. The SMILES string of the molecule is Cc1ccc2ncn(CC(=O)N(CC#N)c3ccccc3)c(=O)c2c1. The summed E-state index contributed by atoms with van der Waals surface area (Å²) in [5, 5.41) is 9.49. The highest BCUT2D eigenvalue weighted by atomic mass is 16.2. The van der Waals surface area contributed by atoms with Gasteiger partial charge in [-0.15, -0.1) is 0 Å². The van der Waals surface area contributed by atoms with Crippen molar-refractivity contribution < 1.29 is 4.79 Å². The van der Waals surface area contributed by atoms with E-state index in [-0.39, 0.29) is 24.6 Å². The molecular formula is C19H16N4O2. The van der Waals surface area contributed by atoms with E-state index in [4.69, 9.17) is 5.26 Å². The Balaban J connectivity index is 1.94. The van der Waals surface area contributed by atoms with Gasteiger partial charge in [-0.3, -0.25) is 19.1 Å². The predicted octanol–water partition coefficient (Wildman–Crippen LogP) is 2.26. The summed E-state index contributed by atoms with van der Waals surface area (Å²) in [4.78, 5) is 30.9. The number of nitriles is 1. The van der Waals surface area contributed by atoms with Crippen LogP contribution in [0.2, 0.25) is 0 Å². The third-order valence-electron chi connectivity index (χ3n) is 3.88. The molecule has 0 saturated heterocycles. The minimum Gasteiger partial charge on any atom is -0.297 e. The fraction of sp³-hybridized carbons (Fsp3) is 0.158. The molecule has 0 aliphatic rings. The van der Waals surface area contributed by atoms with Gasteiger partial charge in [0.25, 0.3) is 5.56 Å². The molecule has 2 aromatic carbocycles. The van der Waals surface area contributed by atoms with Crippen molar-refractivity contribution in [3.63, 3.8) is 0 Å². The highest BCUT2D eigenvalue weighted by Crippen LogP contribution is 2.14. The summed E-state index contributed by atoms with van der Waals surface area (Å²) in [6.07, 6.45) is 1.37. The molecule has 1 amide bonds. The Kier molecular flexibility index (Phi) is 4.57. The van der Waals surface area contributed by atoms with Gasteiger partial charge in [-0.2, -0.15) is 5.26 Å².